The van der Waals surface area contributed by atoms with Gasteiger partial charge < -0.3 is 29.6 Å². The molecule has 0 aromatic heterocycles. The van der Waals surface area contributed by atoms with E-state index in [1.54, 1.807) is 63.2 Å². The summed E-state index contributed by atoms with van der Waals surface area (Å²) in [4.78, 5) is 36.4. The summed E-state index contributed by atoms with van der Waals surface area (Å²) in [7, 11) is 0. The molecule has 0 spiro atoms. The molecule has 11 nitrogen and oxygen atoms in total. The molecule has 1 aliphatic heterocycles. The molecule has 2 aromatic carbocycles. The molecule has 1 aliphatic rings. The van der Waals surface area contributed by atoms with Gasteiger partial charge in [-0.3, -0.25) is 9.59 Å². The first-order valence-corrected chi connectivity index (χ1v) is 12.6. The molecule has 39 heavy (non-hydrogen) atoms. The van der Waals surface area contributed by atoms with Gasteiger partial charge in [-0.25, -0.2) is 10.2 Å². The summed E-state index contributed by atoms with van der Waals surface area (Å²) in [6.45, 7) is 6.83. The van der Waals surface area contributed by atoms with Gasteiger partial charge in [0.2, 0.25) is 0 Å². The zero-order valence-electron chi connectivity index (χ0n) is 22.0. The Labute approximate surface area is 231 Å². The maximum atomic E-state index is 12.7. The van der Waals surface area contributed by atoms with Gasteiger partial charge in [-0.1, -0.05) is 18.2 Å². The van der Waals surface area contributed by atoms with Crippen LogP contribution in [0, 0.1) is 0 Å². The zero-order chi connectivity index (χ0) is 28.4. The fourth-order valence-electron chi connectivity index (χ4n) is 3.72. The molecule has 0 radical (unpaired) electrons. The molecule has 0 bridgehead atoms. The normalized spacial score (nSPS) is 14.8. The molecule has 1 atom stereocenters. The maximum Gasteiger partial charge on any atom is 0.338 e. The number of rotatable bonds is 11. The molecule has 0 saturated carbocycles. The summed E-state index contributed by atoms with van der Waals surface area (Å²) in [5, 5.41) is 10.3. The van der Waals surface area contributed by atoms with E-state index in [-0.39, 0.29) is 19.0 Å². The van der Waals surface area contributed by atoms with Crippen LogP contribution in [0.2, 0.25) is 0 Å². The number of nitrogens with one attached hydrogen (secondary N) is 3. The van der Waals surface area contributed by atoms with Crippen molar-refractivity contribution in [3.63, 3.8) is 0 Å². The summed E-state index contributed by atoms with van der Waals surface area (Å²) >= 11 is 5.29. The van der Waals surface area contributed by atoms with Crippen molar-refractivity contribution in [3.8, 4) is 17.2 Å². The van der Waals surface area contributed by atoms with Crippen molar-refractivity contribution in [2.24, 2.45) is 5.10 Å². The molecule has 3 N–H and O–H groups in total. The van der Waals surface area contributed by atoms with Gasteiger partial charge in [0.15, 0.2) is 23.2 Å². The minimum atomic E-state index is -0.635. The van der Waals surface area contributed by atoms with E-state index in [1.165, 1.54) is 13.1 Å². The standard InChI is InChI=1S/C27H30N4O7S/c1-5-35-22-13-18(11-12-21(22)38-17(4)32)14-28-31-23(33)15-37-20-10-8-7-9-19(20)25-24(26(34)36-6-2)16(3)29-27(39)30-25/h7-14,25H,5-6,15H2,1-4H3,(H,31,33)(H2,29,30,39)/t25-/m1/s1. The highest BCUT2D eigenvalue weighted by Crippen LogP contribution is 2.33. The topological polar surface area (TPSA) is 137 Å². The Morgan fingerprint density at radius 1 is 1.05 bits per heavy atom. The molecule has 206 valence electrons. The first-order valence-electron chi connectivity index (χ1n) is 12.2. The van der Waals surface area contributed by atoms with E-state index in [4.69, 9.17) is 31.2 Å². The maximum absolute atomic E-state index is 12.7. The summed E-state index contributed by atoms with van der Waals surface area (Å²) in [6.07, 6.45) is 1.42. The van der Waals surface area contributed by atoms with E-state index < -0.39 is 23.9 Å². The van der Waals surface area contributed by atoms with Crippen LogP contribution in [0.4, 0.5) is 0 Å². The molecule has 0 aliphatic carbocycles. The molecular weight excluding hydrogens is 524 g/mol. The second-order valence-corrected chi connectivity index (χ2v) is 8.55. The minimum Gasteiger partial charge on any atom is -0.490 e. The third kappa shape index (κ3) is 8.01. The van der Waals surface area contributed by atoms with Crippen LogP contribution in [0.25, 0.3) is 0 Å². The van der Waals surface area contributed by atoms with Gasteiger partial charge in [0, 0.05) is 18.2 Å². The lowest BCUT2D eigenvalue weighted by molar-refractivity contribution is -0.139. The van der Waals surface area contributed by atoms with Crippen LogP contribution in [-0.2, 0) is 19.1 Å². The zero-order valence-corrected chi connectivity index (χ0v) is 22.8. The van der Waals surface area contributed by atoms with Crippen molar-refractivity contribution < 1.29 is 33.3 Å². The highest BCUT2D eigenvalue weighted by Gasteiger charge is 2.32. The van der Waals surface area contributed by atoms with Crippen molar-refractivity contribution in [2.45, 2.75) is 33.7 Å². The average Bonchev–Trinajstić information content (AvgIpc) is 2.88. The molecule has 12 heteroatoms. The number of benzene rings is 2. The van der Waals surface area contributed by atoms with Gasteiger partial charge in [-0.15, -0.1) is 0 Å². The molecule has 0 saturated heterocycles. The number of hydrogen-bond donors (Lipinski definition) is 3. The Bertz CT molecular complexity index is 1310. The Kier molecular flexibility index (Phi) is 10.4. The lowest BCUT2D eigenvalue weighted by Gasteiger charge is -2.30. The summed E-state index contributed by atoms with van der Waals surface area (Å²) < 4.78 is 21.7. The van der Waals surface area contributed by atoms with Crippen molar-refractivity contribution in [2.75, 3.05) is 19.8 Å². The van der Waals surface area contributed by atoms with E-state index in [1.807, 2.05) is 0 Å². The van der Waals surface area contributed by atoms with Gasteiger partial charge in [-0.05, 0) is 62.8 Å². The Hall–Kier alpha value is -4.45. The quantitative estimate of drug-likeness (QED) is 0.125. The van der Waals surface area contributed by atoms with Gasteiger partial charge in [-0.2, -0.15) is 5.10 Å². The SMILES string of the molecule is CCOC(=O)C1=C(C)NC(=S)N[C@@H]1c1ccccc1OCC(=O)NN=Cc1ccc(OC(C)=O)c(OCC)c1. The first-order chi connectivity index (χ1) is 18.7. The number of thiocarbonyl (C=S) groups is 1. The molecular formula is C27H30N4O7S. The van der Waals surface area contributed by atoms with Crippen LogP contribution in [0.5, 0.6) is 17.2 Å². The summed E-state index contributed by atoms with van der Waals surface area (Å²) in [5.74, 6) is -0.409. The highest BCUT2D eigenvalue weighted by atomic mass is 32.1. The molecule has 0 unspecified atom stereocenters. The average molecular weight is 555 g/mol. The van der Waals surface area contributed by atoms with Crippen LogP contribution in [0.3, 0.4) is 0 Å². The molecule has 1 heterocycles. The number of hydrogen-bond acceptors (Lipinski definition) is 9. The number of nitrogens with zero attached hydrogens (tertiary/aromatic N) is 1. The van der Waals surface area contributed by atoms with Crippen molar-refractivity contribution in [1.29, 1.82) is 0 Å². The van der Waals surface area contributed by atoms with Gasteiger partial charge in [0.1, 0.15) is 5.75 Å². The van der Waals surface area contributed by atoms with Crippen molar-refractivity contribution >= 4 is 41.4 Å². The van der Waals surface area contributed by atoms with Gasteiger partial charge >= 0.3 is 11.9 Å². The predicted octanol–water partition coefficient (Wildman–Crippen LogP) is 2.90. The third-order valence-corrected chi connectivity index (χ3v) is 5.50. The highest BCUT2D eigenvalue weighted by molar-refractivity contribution is 7.80. The number of hydrazone groups is 1. The second kappa shape index (κ2) is 13.9. The van der Waals surface area contributed by atoms with E-state index in [2.05, 4.69) is 21.2 Å². The third-order valence-electron chi connectivity index (χ3n) is 5.28. The molecule has 2 aromatic rings. The molecule has 3 rings (SSSR count). The van der Waals surface area contributed by atoms with Crippen LogP contribution in [0.15, 0.2) is 58.8 Å². The Balaban J connectivity index is 1.68. The fourth-order valence-corrected chi connectivity index (χ4v) is 3.99. The van der Waals surface area contributed by atoms with Crippen LogP contribution < -0.4 is 30.3 Å². The Morgan fingerprint density at radius 3 is 2.54 bits per heavy atom. The van der Waals surface area contributed by atoms with E-state index in [0.29, 0.717) is 45.6 Å². The van der Waals surface area contributed by atoms with Crippen LogP contribution in [-0.4, -0.2) is 49.0 Å². The minimum absolute atomic E-state index is 0.217. The number of esters is 2. The molecule has 0 fully saturated rings. The first kappa shape index (κ1) is 29.1. The predicted molar refractivity (Wildman–Crippen MR) is 148 cm³/mol. The number of para-hydroxylation sites is 1. The van der Waals surface area contributed by atoms with Gasteiger partial charge in [0.25, 0.3) is 5.91 Å². The van der Waals surface area contributed by atoms with E-state index in [9.17, 15) is 14.4 Å². The second-order valence-electron chi connectivity index (χ2n) is 8.14. The largest absolute Gasteiger partial charge is 0.490 e. The fraction of sp³-hybridized carbons (Fsp3) is 0.296. The van der Waals surface area contributed by atoms with Crippen molar-refractivity contribution in [3.05, 3.63) is 64.9 Å². The lowest BCUT2D eigenvalue weighted by Crippen LogP contribution is -2.45. The molecule has 1 amide bonds. The smallest absolute Gasteiger partial charge is 0.338 e. The number of allylic oxidation sites excluding steroid dienone is 1. The van der Waals surface area contributed by atoms with Gasteiger partial charge in [0.05, 0.1) is 31.0 Å². The van der Waals surface area contributed by atoms with E-state index in [0.717, 1.165) is 0 Å². The number of carbonyl (C=O) groups is 3. The van der Waals surface area contributed by atoms with Crippen molar-refractivity contribution in [1.82, 2.24) is 16.1 Å². The summed E-state index contributed by atoms with van der Waals surface area (Å²) in [5.41, 5.74) is 4.56. The monoisotopic (exact) mass is 554 g/mol. The van der Waals surface area contributed by atoms with Crippen LogP contribution >= 0.6 is 12.2 Å². The number of amides is 1. The summed E-state index contributed by atoms with van der Waals surface area (Å²) in [6, 6.07) is 11.3. The number of ether oxygens (including phenoxy) is 4. The number of carbonyl (C=O) groups excluding carboxylic acids is 3. The van der Waals surface area contributed by atoms with Crippen LogP contribution in [0.1, 0.15) is 44.9 Å². The lowest BCUT2D eigenvalue weighted by atomic mass is 9.95. The Morgan fingerprint density at radius 2 is 1.82 bits per heavy atom. The van der Waals surface area contributed by atoms with E-state index >= 15 is 0 Å².